The highest BCUT2D eigenvalue weighted by molar-refractivity contribution is 5.49. The average Bonchev–Trinajstić information content (AvgIpc) is 2.38. The summed E-state index contributed by atoms with van der Waals surface area (Å²) in [6, 6.07) is 9.53. The lowest BCUT2D eigenvalue weighted by molar-refractivity contribution is 0.275. The van der Waals surface area contributed by atoms with Gasteiger partial charge >= 0.3 is 0 Å². The van der Waals surface area contributed by atoms with Crippen molar-refractivity contribution in [3.05, 3.63) is 29.8 Å². The molecule has 1 heterocycles. The van der Waals surface area contributed by atoms with Crippen molar-refractivity contribution < 1.29 is 0 Å². The number of nitrogens with two attached hydrogens (primary N) is 1. The van der Waals surface area contributed by atoms with Crippen molar-refractivity contribution in [1.82, 2.24) is 4.90 Å². The summed E-state index contributed by atoms with van der Waals surface area (Å²) >= 11 is 0. The van der Waals surface area contributed by atoms with Crippen molar-refractivity contribution in [3.63, 3.8) is 0 Å². The summed E-state index contributed by atoms with van der Waals surface area (Å²) in [6.07, 6.45) is 0.990. The second-order valence-corrected chi connectivity index (χ2v) is 5.41. The molecule has 0 spiro atoms. The molecule has 100 valence electrons. The van der Waals surface area contributed by atoms with E-state index in [1.165, 1.54) is 11.3 Å². The van der Waals surface area contributed by atoms with E-state index in [1.54, 1.807) is 0 Å². The molecule has 1 aliphatic rings. The Morgan fingerprint density at radius 2 is 1.94 bits per heavy atom. The molecule has 0 bridgehead atoms. The van der Waals surface area contributed by atoms with E-state index in [2.05, 4.69) is 55.0 Å². The first-order valence-corrected chi connectivity index (χ1v) is 6.92. The Balaban J connectivity index is 2.09. The van der Waals surface area contributed by atoms with Crippen molar-refractivity contribution in [3.8, 4) is 0 Å². The molecule has 0 aliphatic carbocycles. The minimum Gasteiger partial charge on any atom is -0.366 e. The van der Waals surface area contributed by atoms with Crippen LogP contribution in [-0.4, -0.2) is 37.6 Å². The molecule has 1 aromatic carbocycles. The van der Waals surface area contributed by atoms with E-state index < -0.39 is 0 Å². The molecule has 1 saturated heterocycles. The van der Waals surface area contributed by atoms with Crippen LogP contribution >= 0.6 is 0 Å². The molecular weight excluding hydrogens is 222 g/mol. The zero-order valence-corrected chi connectivity index (χ0v) is 11.8. The van der Waals surface area contributed by atoms with Gasteiger partial charge in [0.25, 0.3) is 0 Å². The van der Waals surface area contributed by atoms with Gasteiger partial charge in [0.2, 0.25) is 0 Å². The van der Waals surface area contributed by atoms with Crippen molar-refractivity contribution in [2.45, 2.75) is 32.4 Å². The van der Waals surface area contributed by atoms with Crippen LogP contribution in [0.4, 0.5) is 5.69 Å². The van der Waals surface area contributed by atoms with E-state index in [-0.39, 0.29) is 6.04 Å². The maximum absolute atomic E-state index is 6.05. The third-order valence-corrected chi connectivity index (χ3v) is 3.92. The molecule has 2 atom stereocenters. The van der Waals surface area contributed by atoms with Crippen LogP contribution in [0, 0.1) is 0 Å². The highest BCUT2D eigenvalue weighted by Gasteiger charge is 2.21. The van der Waals surface area contributed by atoms with Crippen molar-refractivity contribution in [2.24, 2.45) is 5.73 Å². The molecule has 1 fully saturated rings. The standard InChI is InChI=1S/C15H25N3/c1-4-15(16)13-5-7-14(8-6-13)18-10-9-17(3)11-12(18)2/h5-8,12,15H,4,9-11,16H2,1-3H3. The second kappa shape index (κ2) is 5.72. The first-order valence-electron chi connectivity index (χ1n) is 6.92. The van der Waals surface area contributed by atoms with Crippen LogP contribution in [0.25, 0.3) is 0 Å². The predicted molar refractivity (Wildman–Crippen MR) is 78.0 cm³/mol. The summed E-state index contributed by atoms with van der Waals surface area (Å²) in [6.45, 7) is 7.80. The fourth-order valence-electron chi connectivity index (χ4n) is 2.67. The molecular formula is C15H25N3. The van der Waals surface area contributed by atoms with Gasteiger partial charge in [0, 0.05) is 37.4 Å². The molecule has 2 unspecified atom stereocenters. The number of rotatable bonds is 3. The van der Waals surface area contributed by atoms with Crippen molar-refractivity contribution in [2.75, 3.05) is 31.6 Å². The number of hydrogen-bond donors (Lipinski definition) is 1. The fraction of sp³-hybridized carbons (Fsp3) is 0.600. The Labute approximate surface area is 111 Å². The van der Waals surface area contributed by atoms with E-state index in [1.807, 2.05) is 0 Å². The summed E-state index contributed by atoms with van der Waals surface area (Å²) in [7, 11) is 2.19. The maximum Gasteiger partial charge on any atom is 0.0389 e. The van der Waals surface area contributed by atoms with Crippen LogP contribution < -0.4 is 10.6 Å². The molecule has 0 amide bonds. The van der Waals surface area contributed by atoms with Gasteiger partial charge < -0.3 is 15.5 Å². The zero-order valence-electron chi connectivity index (χ0n) is 11.8. The summed E-state index contributed by atoms with van der Waals surface area (Å²) in [5, 5.41) is 0. The first kappa shape index (κ1) is 13.4. The first-order chi connectivity index (χ1) is 8.61. The van der Waals surface area contributed by atoms with Crippen LogP contribution in [-0.2, 0) is 0 Å². The molecule has 2 N–H and O–H groups in total. The second-order valence-electron chi connectivity index (χ2n) is 5.41. The Hall–Kier alpha value is -1.06. The molecule has 1 aromatic rings. The van der Waals surface area contributed by atoms with Crippen LogP contribution in [0.5, 0.6) is 0 Å². The monoisotopic (exact) mass is 247 g/mol. The van der Waals surface area contributed by atoms with E-state index in [0.29, 0.717) is 6.04 Å². The highest BCUT2D eigenvalue weighted by Crippen LogP contribution is 2.23. The van der Waals surface area contributed by atoms with Gasteiger partial charge in [-0.3, -0.25) is 0 Å². The predicted octanol–water partition coefficient (Wildman–Crippen LogP) is 2.24. The molecule has 2 rings (SSSR count). The summed E-state index contributed by atoms with van der Waals surface area (Å²) < 4.78 is 0. The molecule has 0 saturated carbocycles. The van der Waals surface area contributed by atoms with E-state index >= 15 is 0 Å². The summed E-state index contributed by atoms with van der Waals surface area (Å²) in [5.74, 6) is 0. The third kappa shape index (κ3) is 2.85. The van der Waals surface area contributed by atoms with Crippen LogP contribution in [0.1, 0.15) is 31.9 Å². The number of likely N-dealkylation sites (N-methyl/N-ethyl adjacent to an activating group) is 1. The van der Waals surface area contributed by atoms with Gasteiger partial charge in [-0.15, -0.1) is 0 Å². The van der Waals surface area contributed by atoms with Crippen LogP contribution in [0.3, 0.4) is 0 Å². The quantitative estimate of drug-likeness (QED) is 0.889. The molecule has 18 heavy (non-hydrogen) atoms. The molecule has 3 nitrogen and oxygen atoms in total. The molecule has 3 heteroatoms. The number of piperazine rings is 1. The van der Waals surface area contributed by atoms with Crippen LogP contribution in [0.2, 0.25) is 0 Å². The van der Waals surface area contributed by atoms with Gasteiger partial charge in [-0.1, -0.05) is 19.1 Å². The minimum atomic E-state index is 0.170. The topological polar surface area (TPSA) is 32.5 Å². The van der Waals surface area contributed by atoms with E-state index in [9.17, 15) is 0 Å². The maximum atomic E-state index is 6.05. The zero-order chi connectivity index (χ0) is 13.1. The lowest BCUT2D eigenvalue weighted by atomic mass is 10.0. The van der Waals surface area contributed by atoms with Gasteiger partial charge in [-0.2, -0.15) is 0 Å². The van der Waals surface area contributed by atoms with Gasteiger partial charge in [-0.05, 0) is 38.1 Å². The van der Waals surface area contributed by atoms with Gasteiger partial charge in [0.05, 0.1) is 0 Å². The third-order valence-electron chi connectivity index (χ3n) is 3.92. The van der Waals surface area contributed by atoms with Crippen LogP contribution in [0.15, 0.2) is 24.3 Å². The van der Waals surface area contributed by atoms with Gasteiger partial charge in [-0.25, -0.2) is 0 Å². The number of hydrogen-bond acceptors (Lipinski definition) is 3. The minimum absolute atomic E-state index is 0.170. The number of anilines is 1. The van der Waals surface area contributed by atoms with E-state index in [4.69, 9.17) is 5.73 Å². The van der Waals surface area contributed by atoms with E-state index in [0.717, 1.165) is 26.1 Å². The number of benzene rings is 1. The summed E-state index contributed by atoms with van der Waals surface area (Å²) in [4.78, 5) is 4.88. The van der Waals surface area contributed by atoms with Crippen molar-refractivity contribution >= 4 is 5.69 Å². The SMILES string of the molecule is CCC(N)c1ccc(N2CCN(C)CC2C)cc1. The number of nitrogens with zero attached hydrogens (tertiary/aromatic N) is 2. The van der Waals surface area contributed by atoms with Gasteiger partial charge in [0.1, 0.15) is 0 Å². The normalized spacial score (nSPS) is 23.1. The largest absolute Gasteiger partial charge is 0.366 e. The Morgan fingerprint density at radius 1 is 1.28 bits per heavy atom. The van der Waals surface area contributed by atoms with Gasteiger partial charge in [0.15, 0.2) is 0 Å². The molecule has 1 aliphatic heterocycles. The summed E-state index contributed by atoms with van der Waals surface area (Å²) in [5.41, 5.74) is 8.61. The van der Waals surface area contributed by atoms with Crippen molar-refractivity contribution in [1.29, 1.82) is 0 Å². The Bertz CT molecular complexity index is 374. The Morgan fingerprint density at radius 3 is 2.50 bits per heavy atom. The fourth-order valence-corrected chi connectivity index (χ4v) is 2.67. The lowest BCUT2D eigenvalue weighted by Gasteiger charge is -2.39. The molecule has 0 aromatic heterocycles. The molecule has 0 radical (unpaired) electrons. The lowest BCUT2D eigenvalue weighted by Crippen LogP contribution is -2.50. The average molecular weight is 247 g/mol. The Kier molecular flexibility index (Phi) is 4.25. The smallest absolute Gasteiger partial charge is 0.0389 e. The highest BCUT2D eigenvalue weighted by atomic mass is 15.3.